The molecule has 0 heterocycles. The maximum atomic E-state index is 4.05. The van der Waals surface area contributed by atoms with Crippen molar-refractivity contribution in [1.82, 2.24) is 5.32 Å². The van der Waals surface area contributed by atoms with Gasteiger partial charge >= 0.3 is 0 Å². The predicted molar refractivity (Wildman–Crippen MR) is 86.6 cm³/mol. The summed E-state index contributed by atoms with van der Waals surface area (Å²) in [5.41, 5.74) is 0.418. The van der Waals surface area contributed by atoms with Crippen LogP contribution in [0.3, 0.4) is 0 Å². The van der Waals surface area contributed by atoms with Crippen molar-refractivity contribution in [3.05, 3.63) is 0 Å². The van der Waals surface area contributed by atoms with Crippen LogP contribution in [-0.2, 0) is 0 Å². The van der Waals surface area contributed by atoms with Gasteiger partial charge in [0.25, 0.3) is 0 Å². The smallest absolute Gasteiger partial charge is 0.0209 e. The van der Waals surface area contributed by atoms with Crippen LogP contribution in [0.5, 0.6) is 0 Å². The third kappa shape index (κ3) is 5.45. The summed E-state index contributed by atoms with van der Waals surface area (Å²) in [6, 6.07) is 0.664. The molecule has 1 saturated carbocycles. The zero-order chi connectivity index (χ0) is 14.1. The first-order chi connectivity index (χ1) is 9.14. The molecule has 0 saturated heterocycles. The van der Waals surface area contributed by atoms with E-state index >= 15 is 0 Å². The van der Waals surface area contributed by atoms with E-state index in [4.69, 9.17) is 0 Å². The molecule has 0 aromatic carbocycles. The summed E-state index contributed by atoms with van der Waals surface area (Å²) in [6.07, 6.45) is 15.5. The molecule has 114 valence electrons. The van der Waals surface area contributed by atoms with Crippen molar-refractivity contribution in [3.8, 4) is 0 Å². The molecule has 19 heavy (non-hydrogen) atoms. The van der Waals surface area contributed by atoms with Crippen LogP contribution in [0.4, 0.5) is 0 Å². The molecule has 1 fully saturated rings. The van der Waals surface area contributed by atoms with E-state index in [1.807, 2.05) is 0 Å². The fourth-order valence-corrected chi connectivity index (χ4v) is 3.65. The van der Waals surface area contributed by atoms with E-state index < -0.39 is 0 Å². The quantitative estimate of drug-likeness (QED) is 0.675. The number of hydrogen-bond donors (Lipinski definition) is 1. The van der Waals surface area contributed by atoms with Crippen LogP contribution in [0.25, 0.3) is 0 Å². The molecule has 1 N–H and O–H groups in total. The summed E-state index contributed by atoms with van der Waals surface area (Å²) in [5, 5.41) is 4.05. The van der Waals surface area contributed by atoms with Gasteiger partial charge in [-0.3, -0.25) is 0 Å². The Hall–Kier alpha value is -0.0400. The lowest BCUT2D eigenvalue weighted by Gasteiger charge is -2.43. The molecule has 1 nitrogen and oxygen atoms in total. The van der Waals surface area contributed by atoms with Crippen LogP contribution in [-0.4, -0.2) is 11.6 Å². The minimum atomic E-state index is 0.418. The minimum Gasteiger partial charge on any atom is -0.309 e. The van der Waals surface area contributed by atoms with Crippen molar-refractivity contribution in [3.63, 3.8) is 0 Å². The normalized spacial score (nSPS) is 24.6. The van der Waals surface area contributed by atoms with Crippen molar-refractivity contribution < 1.29 is 0 Å². The van der Waals surface area contributed by atoms with Gasteiger partial charge in [-0.15, -0.1) is 0 Å². The molecule has 1 heteroatoms. The minimum absolute atomic E-state index is 0.418. The highest BCUT2D eigenvalue weighted by Crippen LogP contribution is 2.34. The average molecular weight is 268 g/mol. The van der Waals surface area contributed by atoms with Gasteiger partial charge in [0.15, 0.2) is 0 Å². The van der Waals surface area contributed by atoms with Gasteiger partial charge in [0.1, 0.15) is 0 Å². The third-order valence-electron chi connectivity index (χ3n) is 5.45. The van der Waals surface area contributed by atoms with Gasteiger partial charge < -0.3 is 5.32 Å². The first-order valence-corrected chi connectivity index (χ1v) is 8.92. The van der Waals surface area contributed by atoms with Crippen LogP contribution in [0, 0.1) is 5.92 Å². The Morgan fingerprint density at radius 1 is 0.789 bits per heavy atom. The Morgan fingerprint density at radius 3 is 1.68 bits per heavy atom. The molecule has 1 aliphatic rings. The Labute approximate surface area is 121 Å². The van der Waals surface area contributed by atoms with E-state index in [2.05, 4.69) is 33.0 Å². The van der Waals surface area contributed by atoms with E-state index in [0.29, 0.717) is 11.6 Å². The highest BCUT2D eigenvalue weighted by Gasteiger charge is 2.34. The molecule has 1 rings (SSSR count). The molecule has 0 aromatic rings. The predicted octanol–water partition coefficient (Wildman–Crippen LogP) is 5.68. The lowest BCUT2D eigenvalue weighted by Crippen LogP contribution is -2.53. The topological polar surface area (TPSA) is 12.0 Å². The molecule has 0 amide bonds. The zero-order valence-electron chi connectivity index (χ0n) is 13.9. The van der Waals surface area contributed by atoms with Gasteiger partial charge in [0.2, 0.25) is 0 Å². The van der Waals surface area contributed by atoms with E-state index in [9.17, 15) is 0 Å². The fraction of sp³-hybridized carbons (Fsp3) is 1.00. The summed E-state index contributed by atoms with van der Waals surface area (Å²) >= 11 is 0. The second-order valence-electron chi connectivity index (χ2n) is 6.89. The lowest BCUT2D eigenvalue weighted by atomic mass is 9.74. The summed E-state index contributed by atoms with van der Waals surface area (Å²) in [7, 11) is 0. The summed E-state index contributed by atoms with van der Waals surface area (Å²) < 4.78 is 0. The van der Waals surface area contributed by atoms with E-state index in [1.165, 1.54) is 70.6 Å². The molecule has 0 aromatic heterocycles. The maximum Gasteiger partial charge on any atom is 0.0209 e. The van der Waals surface area contributed by atoms with Crippen LogP contribution in [0.15, 0.2) is 0 Å². The second kappa shape index (κ2) is 9.00. The fourth-order valence-electron chi connectivity index (χ4n) is 3.65. The Kier molecular flexibility index (Phi) is 8.06. The summed E-state index contributed by atoms with van der Waals surface area (Å²) in [5.74, 6) is 0.806. The van der Waals surface area contributed by atoms with Gasteiger partial charge in [0, 0.05) is 11.6 Å². The van der Waals surface area contributed by atoms with Crippen LogP contribution >= 0.6 is 0 Å². The van der Waals surface area contributed by atoms with E-state index in [1.54, 1.807) is 0 Å². The van der Waals surface area contributed by atoms with Gasteiger partial charge in [-0.25, -0.2) is 0 Å². The van der Waals surface area contributed by atoms with Gasteiger partial charge in [-0.1, -0.05) is 72.1 Å². The Bertz CT molecular complexity index is 214. The summed E-state index contributed by atoms with van der Waals surface area (Å²) in [6.45, 7) is 9.51. The number of hydrogen-bond acceptors (Lipinski definition) is 1. The van der Waals surface area contributed by atoms with Crippen molar-refractivity contribution in [1.29, 1.82) is 0 Å². The second-order valence-corrected chi connectivity index (χ2v) is 6.89. The molecule has 1 aliphatic carbocycles. The van der Waals surface area contributed by atoms with E-state index in [-0.39, 0.29) is 0 Å². The van der Waals surface area contributed by atoms with Crippen LogP contribution in [0.1, 0.15) is 98.3 Å². The molecule has 0 radical (unpaired) electrons. The Balaban J connectivity index is 2.75. The molecule has 2 atom stereocenters. The monoisotopic (exact) mass is 267 g/mol. The van der Waals surface area contributed by atoms with Crippen molar-refractivity contribution in [2.45, 2.75) is 110 Å². The van der Waals surface area contributed by atoms with Crippen molar-refractivity contribution >= 4 is 0 Å². The first-order valence-electron chi connectivity index (χ1n) is 8.92. The standard InChI is InChI=1S/C18H37N/c1-5-16(3)18(19-17(4)6-2)14-12-10-8-7-9-11-13-15-18/h16-17,19H,5-15H2,1-4H3. The largest absolute Gasteiger partial charge is 0.309 e. The highest BCUT2D eigenvalue weighted by atomic mass is 15.0. The molecule has 0 bridgehead atoms. The SMILES string of the molecule is CCC(C)NC1(C(C)CC)CCCCCCCCC1. The molecule has 2 unspecified atom stereocenters. The lowest BCUT2D eigenvalue weighted by molar-refractivity contribution is 0.153. The van der Waals surface area contributed by atoms with Gasteiger partial charge in [-0.2, -0.15) is 0 Å². The number of rotatable bonds is 5. The Morgan fingerprint density at radius 2 is 1.26 bits per heavy atom. The summed E-state index contributed by atoms with van der Waals surface area (Å²) in [4.78, 5) is 0. The van der Waals surface area contributed by atoms with E-state index in [0.717, 1.165) is 5.92 Å². The van der Waals surface area contributed by atoms with Crippen molar-refractivity contribution in [2.75, 3.05) is 0 Å². The van der Waals surface area contributed by atoms with Gasteiger partial charge in [-0.05, 0) is 32.1 Å². The molecular weight excluding hydrogens is 230 g/mol. The zero-order valence-corrected chi connectivity index (χ0v) is 13.9. The molecule has 0 aliphatic heterocycles. The third-order valence-corrected chi connectivity index (χ3v) is 5.45. The maximum absolute atomic E-state index is 4.05. The average Bonchev–Trinajstić information content (AvgIpc) is 2.44. The van der Waals surface area contributed by atoms with Gasteiger partial charge in [0.05, 0.1) is 0 Å². The first kappa shape index (κ1) is 17.0. The van der Waals surface area contributed by atoms with Crippen LogP contribution < -0.4 is 5.32 Å². The number of nitrogens with one attached hydrogen (secondary N) is 1. The highest BCUT2D eigenvalue weighted by molar-refractivity contribution is 4.94. The molecular formula is C18H37N. The van der Waals surface area contributed by atoms with Crippen molar-refractivity contribution in [2.24, 2.45) is 5.92 Å². The van der Waals surface area contributed by atoms with Crippen LogP contribution in [0.2, 0.25) is 0 Å². The molecule has 0 spiro atoms.